The van der Waals surface area contributed by atoms with Gasteiger partial charge in [-0.3, -0.25) is 9.59 Å². The van der Waals surface area contributed by atoms with E-state index in [-0.39, 0.29) is 35.4 Å². The Balaban J connectivity index is 1.49. The Bertz CT molecular complexity index is 1340. The molecule has 3 aromatic rings. The van der Waals surface area contributed by atoms with Crippen LogP contribution in [0.1, 0.15) is 44.3 Å². The van der Waals surface area contributed by atoms with Gasteiger partial charge in [-0.1, -0.05) is 31.2 Å². The summed E-state index contributed by atoms with van der Waals surface area (Å²) in [5.74, 6) is -2.83. The van der Waals surface area contributed by atoms with E-state index in [0.717, 1.165) is 30.2 Å². The number of phenols is 1. The van der Waals surface area contributed by atoms with Crippen molar-refractivity contribution in [2.45, 2.75) is 38.5 Å². The Kier molecular flexibility index (Phi) is 10.4. The van der Waals surface area contributed by atoms with Crippen LogP contribution in [0.4, 0.5) is 8.78 Å². The van der Waals surface area contributed by atoms with Crippen LogP contribution in [0.5, 0.6) is 5.75 Å². The van der Waals surface area contributed by atoms with Gasteiger partial charge in [0.25, 0.3) is 11.8 Å². The van der Waals surface area contributed by atoms with E-state index in [1.807, 2.05) is 18.2 Å². The van der Waals surface area contributed by atoms with Crippen molar-refractivity contribution in [1.82, 2.24) is 15.5 Å². The van der Waals surface area contributed by atoms with Crippen LogP contribution in [0.2, 0.25) is 0 Å². The maximum absolute atomic E-state index is 13.9. The van der Waals surface area contributed by atoms with Gasteiger partial charge in [0.1, 0.15) is 17.4 Å². The van der Waals surface area contributed by atoms with Gasteiger partial charge >= 0.3 is 0 Å². The summed E-state index contributed by atoms with van der Waals surface area (Å²) in [6.07, 6.45) is -0.274. The molecule has 41 heavy (non-hydrogen) atoms. The van der Waals surface area contributed by atoms with E-state index >= 15 is 0 Å². The molecule has 218 valence electrons. The van der Waals surface area contributed by atoms with E-state index in [9.17, 15) is 28.6 Å². The van der Waals surface area contributed by atoms with Crippen LogP contribution in [0, 0.1) is 11.6 Å². The summed E-state index contributed by atoms with van der Waals surface area (Å²) in [6.45, 7) is 4.12. The minimum absolute atomic E-state index is 0.0279. The van der Waals surface area contributed by atoms with Gasteiger partial charge in [-0.2, -0.15) is 0 Å². The molecule has 1 aliphatic heterocycles. The largest absolute Gasteiger partial charge is 0.507 e. The molecule has 0 radical (unpaired) electrons. The zero-order chi connectivity index (χ0) is 29.4. The van der Waals surface area contributed by atoms with E-state index in [1.165, 1.54) is 28.7 Å². The lowest BCUT2D eigenvalue weighted by Gasteiger charge is -2.27. The van der Waals surface area contributed by atoms with Gasteiger partial charge in [0.15, 0.2) is 0 Å². The fraction of sp³-hybridized carbons (Fsp3) is 0.355. The first-order chi connectivity index (χ1) is 19.7. The van der Waals surface area contributed by atoms with Crippen molar-refractivity contribution in [2.24, 2.45) is 0 Å². The molecule has 0 spiro atoms. The lowest BCUT2D eigenvalue weighted by molar-refractivity contribution is 0.0301. The number of morpholine rings is 1. The maximum atomic E-state index is 13.9. The van der Waals surface area contributed by atoms with E-state index < -0.39 is 35.6 Å². The number of ether oxygens (including phenoxy) is 1. The van der Waals surface area contributed by atoms with Crippen molar-refractivity contribution in [3.8, 4) is 5.75 Å². The molecule has 10 heteroatoms. The Labute approximate surface area is 237 Å². The molecule has 1 fully saturated rings. The van der Waals surface area contributed by atoms with E-state index in [2.05, 4.69) is 23.6 Å². The van der Waals surface area contributed by atoms with E-state index in [1.54, 1.807) is 0 Å². The maximum Gasteiger partial charge on any atom is 0.257 e. The second-order valence-electron chi connectivity index (χ2n) is 10.1. The minimum Gasteiger partial charge on any atom is -0.507 e. The Morgan fingerprint density at radius 1 is 0.976 bits per heavy atom. The summed E-state index contributed by atoms with van der Waals surface area (Å²) in [4.78, 5) is 27.8. The van der Waals surface area contributed by atoms with Crippen LogP contribution in [-0.4, -0.2) is 71.9 Å². The molecule has 4 N–H and O–H groups in total. The average Bonchev–Trinajstić information content (AvgIpc) is 2.96. The number of carbonyl (C=O) groups excluding carboxylic acids is 2. The highest BCUT2D eigenvalue weighted by Crippen LogP contribution is 2.22. The van der Waals surface area contributed by atoms with Gasteiger partial charge < -0.3 is 30.5 Å². The summed E-state index contributed by atoms with van der Waals surface area (Å²) >= 11 is 0. The van der Waals surface area contributed by atoms with Crippen LogP contribution >= 0.6 is 0 Å². The number of hydrogen-bond acceptors (Lipinski definition) is 6. The molecule has 0 aliphatic carbocycles. The van der Waals surface area contributed by atoms with Crippen molar-refractivity contribution in [2.75, 3.05) is 32.8 Å². The number of nitrogens with one attached hydrogen (secondary N) is 2. The SMILES string of the molecule is CCc1cccc(CNCC(O)C(Cc2cc(F)cc(F)c2)NC(=O)c2ccc(O)c(C(=O)N3CCOCC3)c2)c1. The standard InChI is InChI=1S/C31H35F2N3O5/c1-2-20-4-3-5-21(12-20)18-34-19-29(38)27(15-22-13-24(32)17-25(33)14-22)35-30(39)23-6-7-28(37)26(16-23)31(40)36-8-10-41-11-9-36/h3-7,12-14,16-17,27,29,34,37-38H,2,8-11,15,18-19H2,1H3,(H,35,39). The first-order valence-electron chi connectivity index (χ1n) is 13.7. The molecule has 2 atom stereocenters. The van der Waals surface area contributed by atoms with Crippen molar-refractivity contribution in [3.63, 3.8) is 0 Å². The summed E-state index contributed by atoms with van der Waals surface area (Å²) in [5.41, 5.74) is 2.54. The molecule has 0 saturated carbocycles. The number of halogens is 2. The molecular formula is C31H35F2N3O5. The quantitative estimate of drug-likeness (QED) is 0.283. The van der Waals surface area contributed by atoms with Gasteiger partial charge in [0.05, 0.1) is 30.9 Å². The third-order valence-corrected chi connectivity index (χ3v) is 7.03. The minimum atomic E-state index is -1.12. The zero-order valence-electron chi connectivity index (χ0n) is 22.9. The van der Waals surface area contributed by atoms with Crippen LogP contribution in [0.25, 0.3) is 0 Å². The van der Waals surface area contributed by atoms with Crippen molar-refractivity contribution >= 4 is 11.8 Å². The predicted octanol–water partition coefficient (Wildman–Crippen LogP) is 3.20. The van der Waals surface area contributed by atoms with Crippen molar-refractivity contribution < 1.29 is 33.3 Å². The molecule has 1 saturated heterocycles. The molecule has 0 aromatic heterocycles. The molecule has 8 nitrogen and oxygen atoms in total. The third kappa shape index (κ3) is 8.32. The van der Waals surface area contributed by atoms with Gasteiger partial charge in [-0.05, 0) is 59.9 Å². The first-order valence-corrected chi connectivity index (χ1v) is 13.7. The summed E-state index contributed by atoms with van der Waals surface area (Å²) in [5, 5.41) is 27.3. The Morgan fingerprint density at radius 2 is 1.68 bits per heavy atom. The number of nitrogens with zero attached hydrogens (tertiary/aromatic N) is 1. The number of benzene rings is 3. The van der Waals surface area contributed by atoms with Gasteiger partial charge in [0, 0.05) is 37.8 Å². The number of amides is 2. The molecule has 3 aromatic carbocycles. The van der Waals surface area contributed by atoms with Crippen LogP contribution in [-0.2, 0) is 24.1 Å². The van der Waals surface area contributed by atoms with Crippen LogP contribution in [0.3, 0.4) is 0 Å². The Hall–Kier alpha value is -3.86. The molecule has 0 bridgehead atoms. The summed E-state index contributed by atoms with van der Waals surface area (Å²) in [6, 6.07) is 14.1. The number of aromatic hydroxyl groups is 1. The summed E-state index contributed by atoms with van der Waals surface area (Å²) < 4.78 is 33.1. The zero-order valence-corrected chi connectivity index (χ0v) is 22.9. The fourth-order valence-electron chi connectivity index (χ4n) is 4.77. The van der Waals surface area contributed by atoms with Gasteiger partial charge in [0.2, 0.25) is 0 Å². The number of aryl methyl sites for hydroxylation is 1. The van der Waals surface area contributed by atoms with Gasteiger partial charge in [-0.15, -0.1) is 0 Å². The molecule has 1 aliphatic rings. The normalized spacial score (nSPS) is 14.9. The number of rotatable bonds is 11. The lowest BCUT2D eigenvalue weighted by atomic mass is 9.99. The second-order valence-corrected chi connectivity index (χ2v) is 10.1. The molecular weight excluding hydrogens is 532 g/mol. The van der Waals surface area contributed by atoms with Crippen molar-refractivity contribution in [1.29, 1.82) is 0 Å². The number of aliphatic hydroxyl groups is 1. The number of phenolic OH excluding ortho intramolecular Hbond substituents is 1. The molecule has 4 rings (SSSR count). The topological polar surface area (TPSA) is 111 Å². The van der Waals surface area contributed by atoms with E-state index in [0.29, 0.717) is 32.8 Å². The fourth-order valence-corrected chi connectivity index (χ4v) is 4.77. The molecule has 2 amide bonds. The highest BCUT2D eigenvalue weighted by molar-refractivity contribution is 6.01. The second kappa shape index (κ2) is 14.2. The smallest absolute Gasteiger partial charge is 0.257 e. The highest BCUT2D eigenvalue weighted by Gasteiger charge is 2.26. The van der Waals surface area contributed by atoms with E-state index in [4.69, 9.17) is 4.74 Å². The lowest BCUT2D eigenvalue weighted by Crippen LogP contribution is -2.48. The van der Waals surface area contributed by atoms with Crippen molar-refractivity contribution in [3.05, 3.63) is 100 Å². The average molecular weight is 568 g/mol. The number of carbonyl (C=O) groups is 2. The third-order valence-electron chi connectivity index (χ3n) is 7.03. The number of hydrogen-bond donors (Lipinski definition) is 4. The predicted molar refractivity (Wildman–Crippen MR) is 150 cm³/mol. The summed E-state index contributed by atoms with van der Waals surface area (Å²) in [7, 11) is 0. The first kappa shape index (κ1) is 30.1. The molecule has 1 heterocycles. The van der Waals surface area contributed by atoms with Crippen LogP contribution in [0.15, 0.2) is 60.7 Å². The van der Waals surface area contributed by atoms with Gasteiger partial charge in [-0.25, -0.2) is 8.78 Å². The van der Waals surface area contributed by atoms with Crippen LogP contribution < -0.4 is 10.6 Å². The monoisotopic (exact) mass is 567 g/mol. The molecule has 2 unspecified atom stereocenters. The number of aliphatic hydroxyl groups excluding tert-OH is 1. The highest BCUT2D eigenvalue weighted by atomic mass is 19.1. The Morgan fingerprint density at radius 3 is 2.39 bits per heavy atom.